The number of amides is 1. The molecule has 0 bridgehead atoms. The number of aliphatic hydroxyl groups is 1. The zero-order valence-corrected chi connectivity index (χ0v) is 11.0. The Morgan fingerprint density at radius 3 is 2.58 bits per heavy atom. The van der Waals surface area contributed by atoms with Crippen molar-refractivity contribution in [2.45, 2.75) is 25.9 Å². The third-order valence-corrected chi connectivity index (χ3v) is 3.69. The maximum Gasteiger partial charge on any atom is 0.220 e. The largest absolute Gasteiger partial charge is 0.389 e. The number of carbonyl (C=O) groups excluding carboxylic acids is 1. The molecule has 1 unspecified atom stereocenters. The summed E-state index contributed by atoms with van der Waals surface area (Å²) in [6, 6.07) is 4.77. The lowest BCUT2D eigenvalue weighted by molar-refractivity contribution is -0.122. The lowest BCUT2D eigenvalue weighted by atomic mass is 9.95. The van der Waals surface area contributed by atoms with Crippen molar-refractivity contribution in [3.8, 4) is 0 Å². The third-order valence-electron chi connectivity index (χ3n) is 3.69. The molecule has 104 valence electrons. The van der Waals surface area contributed by atoms with Crippen LogP contribution in [0.2, 0.25) is 0 Å². The summed E-state index contributed by atoms with van der Waals surface area (Å²) in [6.45, 7) is 2.85. The maximum atomic E-state index is 14.0. The number of carbonyl (C=O) groups is 1. The molecule has 1 aromatic rings. The Bertz CT molecular complexity index is 469. The van der Waals surface area contributed by atoms with E-state index >= 15 is 0 Å². The minimum Gasteiger partial charge on any atom is -0.389 e. The monoisotopic (exact) mass is 266 g/mol. The number of nitrogens with two attached hydrogens (primary N) is 1. The minimum atomic E-state index is -0.677. The van der Waals surface area contributed by atoms with Crippen LogP contribution in [-0.2, 0) is 4.79 Å². The molecule has 0 spiro atoms. The number of benzene rings is 1. The number of primary amides is 1. The van der Waals surface area contributed by atoms with Crippen LogP contribution < -0.4 is 10.6 Å². The molecule has 1 heterocycles. The van der Waals surface area contributed by atoms with Gasteiger partial charge < -0.3 is 15.7 Å². The summed E-state index contributed by atoms with van der Waals surface area (Å²) in [5, 5.41) is 9.41. The molecule has 1 saturated heterocycles. The highest BCUT2D eigenvalue weighted by atomic mass is 19.1. The molecule has 1 amide bonds. The van der Waals surface area contributed by atoms with Crippen molar-refractivity contribution in [3.63, 3.8) is 0 Å². The SMILES string of the molecule is CC(O)c1ccc(N2CCC(C(N)=O)CC2)c(F)c1. The van der Waals surface area contributed by atoms with Crippen LogP contribution in [0.25, 0.3) is 0 Å². The lowest BCUT2D eigenvalue weighted by Crippen LogP contribution is -2.38. The zero-order chi connectivity index (χ0) is 14.0. The highest BCUT2D eigenvalue weighted by Crippen LogP contribution is 2.27. The van der Waals surface area contributed by atoms with Gasteiger partial charge in [0.1, 0.15) is 5.82 Å². The van der Waals surface area contributed by atoms with E-state index in [1.54, 1.807) is 19.1 Å². The van der Waals surface area contributed by atoms with Gasteiger partial charge in [0.05, 0.1) is 11.8 Å². The van der Waals surface area contributed by atoms with Gasteiger partial charge in [-0.3, -0.25) is 4.79 Å². The first-order valence-electron chi connectivity index (χ1n) is 6.51. The van der Waals surface area contributed by atoms with E-state index in [-0.39, 0.29) is 17.6 Å². The highest BCUT2D eigenvalue weighted by molar-refractivity contribution is 5.77. The first-order valence-corrected chi connectivity index (χ1v) is 6.51. The van der Waals surface area contributed by atoms with Crippen molar-refractivity contribution in [1.29, 1.82) is 0 Å². The molecule has 5 heteroatoms. The topological polar surface area (TPSA) is 66.6 Å². The van der Waals surface area contributed by atoms with Gasteiger partial charge in [-0.2, -0.15) is 0 Å². The van der Waals surface area contributed by atoms with Gasteiger partial charge in [0, 0.05) is 19.0 Å². The third kappa shape index (κ3) is 3.04. The molecule has 19 heavy (non-hydrogen) atoms. The second-order valence-electron chi connectivity index (χ2n) is 5.05. The molecule has 1 atom stereocenters. The van der Waals surface area contributed by atoms with Gasteiger partial charge in [0.25, 0.3) is 0 Å². The summed E-state index contributed by atoms with van der Waals surface area (Å²) in [4.78, 5) is 13.0. The van der Waals surface area contributed by atoms with Crippen LogP contribution in [0.5, 0.6) is 0 Å². The Labute approximate surface area is 112 Å². The molecule has 0 aliphatic carbocycles. The summed E-state index contributed by atoms with van der Waals surface area (Å²) >= 11 is 0. The van der Waals surface area contributed by atoms with Crippen molar-refractivity contribution >= 4 is 11.6 Å². The summed E-state index contributed by atoms with van der Waals surface area (Å²) in [6.07, 6.45) is 0.643. The number of hydrogen-bond donors (Lipinski definition) is 2. The van der Waals surface area contributed by atoms with Gasteiger partial charge in [0.2, 0.25) is 5.91 Å². The Morgan fingerprint density at radius 1 is 1.47 bits per heavy atom. The number of rotatable bonds is 3. The predicted octanol–water partition coefficient (Wildman–Crippen LogP) is 1.58. The molecule has 0 radical (unpaired) electrons. The molecular formula is C14H19FN2O2. The number of hydrogen-bond acceptors (Lipinski definition) is 3. The molecule has 4 nitrogen and oxygen atoms in total. The second-order valence-corrected chi connectivity index (χ2v) is 5.05. The fourth-order valence-electron chi connectivity index (χ4n) is 2.44. The molecule has 3 N–H and O–H groups in total. The van der Waals surface area contributed by atoms with E-state index in [9.17, 15) is 14.3 Å². The van der Waals surface area contributed by atoms with Gasteiger partial charge in [-0.1, -0.05) is 6.07 Å². The summed E-state index contributed by atoms with van der Waals surface area (Å²) in [5.74, 6) is -0.712. The molecule has 1 aliphatic heterocycles. The second kappa shape index (κ2) is 5.57. The molecule has 1 fully saturated rings. The average Bonchev–Trinajstić information content (AvgIpc) is 2.38. The van der Waals surface area contributed by atoms with Gasteiger partial charge in [-0.25, -0.2) is 4.39 Å². The van der Waals surface area contributed by atoms with Crippen molar-refractivity contribution in [2.75, 3.05) is 18.0 Å². The van der Waals surface area contributed by atoms with E-state index in [4.69, 9.17) is 5.73 Å². The van der Waals surface area contributed by atoms with E-state index in [1.807, 2.05) is 4.90 Å². The number of aliphatic hydroxyl groups excluding tert-OH is 1. The predicted molar refractivity (Wildman–Crippen MR) is 71.2 cm³/mol. The normalized spacial score (nSPS) is 18.4. The van der Waals surface area contributed by atoms with Crippen LogP contribution in [0.1, 0.15) is 31.4 Å². The van der Waals surface area contributed by atoms with Crippen LogP contribution in [0, 0.1) is 11.7 Å². The first kappa shape index (κ1) is 13.8. The van der Waals surface area contributed by atoms with Gasteiger partial charge in [-0.15, -0.1) is 0 Å². The minimum absolute atomic E-state index is 0.101. The van der Waals surface area contributed by atoms with Crippen LogP contribution >= 0.6 is 0 Å². The van der Waals surface area contributed by atoms with E-state index in [2.05, 4.69) is 0 Å². The van der Waals surface area contributed by atoms with E-state index in [0.717, 1.165) is 0 Å². The van der Waals surface area contributed by atoms with E-state index < -0.39 is 6.10 Å². The smallest absolute Gasteiger partial charge is 0.220 e. The Balaban J connectivity index is 2.09. The number of nitrogens with zero attached hydrogens (tertiary/aromatic N) is 1. The standard InChI is InChI=1S/C14H19FN2O2/c1-9(18)11-2-3-13(12(15)8-11)17-6-4-10(5-7-17)14(16)19/h2-3,8-10,18H,4-7H2,1H3,(H2,16,19). The van der Waals surface area contributed by atoms with Crippen LogP contribution in [0.15, 0.2) is 18.2 Å². The summed E-state index contributed by atoms with van der Waals surface area (Å²) in [5.41, 5.74) is 6.36. The molecule has 2 rings (SSSR count). The van der Waals surface area contributed by atoms with Crippen LogP contribution in [-0.4, -0.2) is 24.1 Å². The Morgan fingerprint density at radius 2 is 2.11 bits per heavy atom. The van der Waals surface area contributed by atoms with E-state index in [1.165, 1.54) is 6.07 Å². The summed E-state index contributed by atoms with van der Waals surface area (Å²) in [7, 11) is 0. The average molecular weight is 266 g/mol. The Hall–Kier alpha value is -1.62. The van der Waals surface area contributed by atoms with Gasteiger partial charge in [-0.05, 0) is 37.5 Å². The number of piperidine rings is 1. The molecular weight excluding hydrogens is 247 g/mol. The van der Waals surface area contributed by atoms with Gasteiger partial charge in [0.15, 0.2) is 0 Å². The van der Waals surface area contributed by atoms with Gasteiger partial charge >= 0.3 is 0 Å². The molecule has 1 aliphatic rings. The van der Waals surface area contributed by atoms with Crippen molar-refractivity contribution < 1.29 is 14.3 Å². The number of anilines is 1. The lowest BCUT2D eigenvalue weighted by Gasteiger charge is -2.32. The number of halogens is 1. The zero-order valence-electron chi connectivity index (χ0n) is 11.0. The molecule has 1 aromatic carbocycles. The first-order chi connectivity index (χ1) is 8.99. The van der Waals surface area contributed by atoms with Crippen LogP contribution in [0.3, 0.4) is 0 Å². The van der Waals surface area contributed by atoms with Crippen molar-refractivity contribution in [3.05, 3.63) is 29.6 Å². The van der Waals surface area contributed by atoms with Crippen molar-refractivity contribution in [2.24, 2.45) is 11.7 Å². The van der Waals surface area contributed by atoms with Crippen LogP contribution in [0.4, 0.5) is 10.1 Å². The fourth-order valence-corrected chi connectivity index (χ4v) is 2.44. The molecule has 0 saturated carbocycles. The highest BCUT2D eigenvalue weighted by Gasteiger charge is 2.24. The molecule has 0 aromatic heterocycles. The summed E-state index contributed by atoms with van der Waals surface area (Å²) < 4.78 is 14.0. The quantitative estimate of drug-likeness (QED) is 0.873. The maximum absolute atomic E-state index is 14.0. The van der Waals surface area contributed by atoms with E-state index in [0.29, 0.717) is 37.2 Å². The van der Waals surface area contributed by atoms with Crippen molar-refractivity contribution in [1.82, 2.24) is 0 Å². The Kier molecular flexibility index (Phi) is 4.04. The fraction of sp³-hybridized carbons (Fsp3) is 0.500.